The minimum atomic E-state index is -0.254. The number of imidazole rings is 1. The quantitative estimate of drug-likeness (QED) is 0.691. The molecule has 0 unspecified atom stereocenters. The maximum atomic E-state index is 13.3. The lowest BCUT2D eigenvalue weighted by atomic mass is 10.1. The number of halogens is 2. The van der Waals surface area contributed by atoms with Crippen LogP contribution >= 0.6 is 11.6 Å². The SMILES string of the molecule is CC(=O)Nc1ccc(Cl)cc1CN1CCc2nc(-c3ccc(F)cc3)n(C)c2C1. The van der Waals surface area contributed by atoms with Crippen LogP contribution in [0.2, 0.25) is 5.02 Å². The highest BCUT2D eigenvalue weighted by atomic mass is 35.5. The number of benzene rings is 2. The monoisotopic (exact) mass is 412 g/mol. The zero-order chi connectivity index (χ0) is 20.5. The molecule has 0 fully saturated rings. The fourth-order valence-electron chi connectivity index (χ4n) is 3.78. The molecule has 2 aromatic carbocycles. The lowest BCUT2D eigenvalue weighted by molar-refractivity contribution is -0.114. The van der Waals surface area contributed by atoms with Crippen molar-refractivity contribution in [3.05, 3.63) is 70.3 Å². The molecular weight excluding hydrogens is 391 g/mol. The molecule has 2 heterocycles. The first kappa shape index (κ1) is 19.6. The van der Waals surface area contributed by atoms with Crippen molar-refractivity contribution in [1.82, 2.24) is 14.5 Å². The average Bonchev–Trinajstić information content (AvgIpc) is 3.01. The summed E-state index contributed by atoms with van der Waals surface area (Å²) >= 11 is 6.19. The van der Waals surface area contributed by atoms with E-state index in [4.69, 9.17) is 16.6 Å². The number of hydrogen-bond donors (Lipinski definition) is 1. The maximum absolute atomic E-state index is 13.3. The van der Waals surface area contributed by atoms with E-state index < -0.39 is 0 Å². The predicted molar refractivity (Wildman–Crippen MR) is 112 cm³/mol. The smallest absolute Gasteiger partial charge is 0.221 e. The molecule has 4 rings (SSSR count). The van der Waals surface area contributed by atoms with Crippen molar-refractivity contribution in [2.45, 2.75) is 26.4 Å². The van der Waals surface area contributed by atoms with Gasteiger partial charge < -0.3 is 9.88 Å². The number of carbonyl (C=O) groups is 1. The summed E-state index contributed by atoms with van der Waals surface area (Å²) in [6, 6.07) is 11.9. The van der Waals surface area contributed by atoms with Crippen molar-refractivity contribution >= 4 is 23.2 Å². The topological polar surface area (TPSA) is 50.2 Å². The van der Waals surface area contributed by atoms with E-state index in [9.17, 15) is 9.18 Å². The number of fused-ring (bicyclic) bond motifs is 1. The Morgan fingerprint density at radius 2 is 2.00 bits per heavy atom. The minimum absolute atomic E-state index is 0.106. The summed E-state index contributed by atoms with van der Waals surface area (Å²) < 4.78 is 15.3. The van der Waals surface area contributed by atoms with Gasteiger partial charge >= 0.3 is 0 Å². The first-order valence-corrected chi connectivity index (χ1v) is 9.87. The Balaban J connectivity index is 1.58. The summed E-state index contributed by atoms with van der Waals surface area (Å²) in [7, 11) is 2.00. The van der Waals surface area contributed by atoms with Gasteiger partial charge in [0.15, 0.2) is 0 Å². The number of hydrogen-bond acceptors (Lipinski definition) is 3. The van der Waals surface area contributed by atoms with E-state index in [2.05, 4.69) is 14.8 Å². The Bertz CT molecular complexity index is 1060. The van der Waals surface area contributed by atoms with Gasteiger partial charge in [-0.25, -0.2) is 9.37 Å². The normalized spacial score (nSPS) is 13.9. The molecule has 0 radical (unpaired) electrons. The second-order valence-electron chi connectivity index (χ2n) is 7.34. The Kier molecular flexibility index (Phi) is 5.39. The number of rotatable bonds is 4. The van der Waals surface area contributed by atoms with Crippen molar-refractivity contribution in [2.24, 2.45) is 7.05 Å². The van der Waals surface area contributed by atoms with Gasteiger partial charge in [-0.2, -0.15) is 0 Å². The van der Waals surface area contributed by atoms with E-state index in [0.717, 1.165) is 53.5 Å². The fraction of sp³-hybridized carbons (Fsp3) is 0.273. The number of amides is 1. The highest BCUT2D eigenvalue weighted by Gasteiger charge is 2.24. The van der Waals surface area contributed by atoms with Crippen molar-refractivity contribution in [2.75, 3.05) is 11.9 Å². The van der Waals surface area contributed by atoms with Gasteiger partial charge in [0.25, 0.3) is 0 Å². The van der Waals surface area contributed by atoms with Gasteiger partial charge in [0.05, 0.1) is 11.4 Å². The second kappa shape index (κ2) is 7.97. The number of nitrogens with zero attached hydrogens (tertiary/aromatic N) is 3. The molecule has 5 nitrogen and oxygen atoms in total. The van der Waals surface area contributed by atoms with Crippen LogP contribution in [0.1, 0.15) is 23.9 Å². The van der Waals surface area contributed by atoms with Gasteiger partial charge in [0.1, 0.15) is 11.6 Å². The van der Waals surface area contributed by atoms with Crippen LogP contribution in [0.5, 0.6) is 0 Å². The lowest BCUT2D eigenvalue weighted by Gasteiger charge is -2.28. The van der Waals surface area contributed by atoms with Gasteiger partial charge in [-0.05, 0) is 48.0 Å². The molecule has 1 aliphatic rings. The Morgan fingerprint density at radius 1 is 1.24 bits per heavy atom. The standard InChI is InChI=1S/C22H22ClFN4O/c1-14(29)25-19-8-5-17(23)11-16(19)12-28-10-9-20-21(13-28)27(2)22(26-20)15-3-6-18(24)7-4-15/h3-8,11H,9-10,12-13H2,1-2H3,(H,25,29). The summed E-state index contributed by atoms with van der Waals surface area (Å²) in [5, 5.41) is 3.52. The molecule has 7 heteroatoms. The van der Waals surface area contributed by atoms with Gasteiger partial charge in [0, 0.05) is 56.3 Å². The Labute approximate surface area is 174 Å². The Hall–Kier alpha value is -2.70. The third kappa shape index (κ3) is 4.18. The summed E-state index contributed by atoms with van der Waals surface area (Å²) in [6.45, 7) is 3.77. The van der Waals surface area contributed by atoms with Crippen molar-refractivity contribution < 1.29 is 9.18 Å². The third-order valence-corrected chi connectivity index (χ3v) is 5.44. The van der Waals surface area contributed by atoms with E-state index in [1.807, 2.05) is 19.2 Å². The molecule has 3 aromatic rings. The summed E-state index contributed by atoms with van der Waals surface area (Å²) in [6.07, 6.45) is 0.834. The summed E-state index contributed by atoms with van der Waals surface area (Å²) in [4.78, 5) is 18.6. The van der Waals surface area contributed by atoms with E-state index in [-0.39, 0.29) is 11.7 Å². The van der Waals surface area contributed by atoms with Crippen LogP contribution in [0.3, 0.4) is 0 Å². The van der Waals surface area contributed by atoms with Crippen LogP contribution < -0.4 is 5.32 Å². The number of aromatic nitrogens is 2. The van der Waals surface area contributed by atoms with Crippen LogP contribution in [-0.4, -0.2) is 26.9 Å². The first-order chi connectivity index (χ1) is 13.9. The van der Waals surface area contributed by atoms with E-state index >= 15 is 0 Å². The highest BCUT2D eigenvalue weighted by molar-refractivity contribution is 6.30. The number of nitrogens with one attached hydrogen (secondary N) is 1. The highest BCUT2D eigenvalue weighted by Crippen LogP contribution is 2.28. The molecule has 1 aromatic heterocycles. The molecule has 150 valence electrons. The first-order valence-electron chi connectivity index (χ1n) is 9.49. The maximum Gasteiger partial charge on any atom is 0.221 e. The molecule has 1 N–H and O–H groups in total. The van der Waals surface area contributed by atoms with Crippen LogP contribution in [0, 0.1) is 5.82 Å². The molecule has 0 atom stereocenters. The largest absolute Gasteiger partial charge is 0.330 e. The second-order valence-corrected chi connectivity index (χ2v) is 7.77. The van der Waals surface area contributed by atoms with Crippen LogP contribution in [0.15, 0.2) is 42.5 Å². The van der Waals surface area contributed by atoms with E-state index in [0.29, 0.717) is 11.6 Å². The zero-order valence-electron chi connectivity index (χ0n) is 16.4. The molecule has 0 aliphatic carbocycles. The van der Waals surface area contributed by atoms with Crippen molar-refractivity contribution in [1.29, 1.82) is 0 Å². The molecule has 1 aliphatic heterocycles. The van der Waals surface area contributed by atoms with E-state index in [1.54, 1.807) is 18.2 Å². The van der Waals surface area contributed by atoms with E-state index in [1.165, 1.54) is 19.1 Å². The molecule has 0 saturated carbocycles. The summed E-state index contributed by atoms with van der Waals surface area (Å²) in [5.74, 6) is 0.485. The molecular formula is C22H22ClFN4O. The fourth-order valence-corrected chi connectivity index (χ4v) is 3.97. The van der Waals surface area contributed by atoms with Gasteiger partial charge in [0.2, 0.25) is 5.91 Å². The van der Waals surface area contributed by atoms with Gasteiger partial charge in [-0.15, -0.1) is 0 Å². The van der Waals surface area contributed by atoms with Crippen LogP contribution in [-0.2, 0) is 31.4 Å². The van der Waals surface area contributed by atoms with Crippen LogP contribution in [0.4, 0.5) is 10.1 Å². The molecule has 1 amide bonds. The van der Waals surface area contributed by atoms with Gasteiger partial charge in [-0.3, -0.25) is 9.69 Å². The van der Waals surface area contributed by atoms with Crippen LogP contribution in [0.25, 0.3) is 11.4 Å². The molecule has 0 bridgehead atoms. The summed E-state index contributed by atoms with van der Waals surface area (Å²) in [5.41, 5.74) is 4.90. The lowest BCUT2D eigenvalue weighted by Crippen LogP contribution is -2.31. The average molecular weight is 413 g/mol. The zero-order valence-corrected chi connectivity index (χ0v) is 17.1. The molecule has 0 spiro atoms. The third-order valence-electron chi connectivity index (χ3n) is 5.21. The number of anilines is 1. The van der Waals surface area contributed by atoms with Gasteiger partial charge in [-0.1, -0.05) is 11.6 Å². The Morgan fingerprint density at radius 3 is 2.72 bits per heavy atom. The predicted octanol–water partition coefficient (Wildman–Crippen LogP) is 4.40. The number of carbonyl (C=O) groups excluding carboxylic acids is 1. The minimum Gasteiger partial charge on any atom is -0.330 e. The van der Waals surface area contributed by atoms with Crippen molar-refractivity contribution in [3.63, 3.8) is 0 Å². The molecule has 0 saturated heterocycles. The van der Waals surface area contributed by atoms with Crippen molar-refractivity contribution in [3.8, 4) is 11.4 Å². The molecule has 29 heavy (non-hydrogen) atoms.